The molecule has 3 N–H and O–H groups in total. The van der Waals surface area contributed by atoms with Crippen LogP contribution in [-0.2, 0) is 0 Å². The zero-order valence-electron chi connectivity index (χ0n) is 9.69. The summed E-state index contributed by atoms with van der Waals surface area (Å²) in [5, 5.41) is 3.65. The van der Waals surface area contributed by atoms with Crippen LogP contribution in [0.5, 0.6) is 0 Å². The van der Waals surface area contributed by atoms with Crippen LogP contribution in [0.1, 0.15) is 10.5 Å². The quantitative estimate of drug-likeness (QED) is 0.892. The molecular weight excluding hydrogens is 290 g/mol. The molecule has 1 aromatic rings. The smallest absolute Gasteiger partial charge is 0.271 e. The molecule has 0 aliphatic carbocycles. The lowest BCUT2D eigenvalue weighted by molar-refractivity contribution is 0.0949. The molecule has 18 heavy (non-hydrogen) atoms. The number of pyridine rings is 1. The number of aromatic nitrogens is 1. The Balaban J connectivity index is 1.92. The number of halogens is 1. The van der Waals surface area contributed by atoms with Gasteiger partial charge in [-0.05, 0) is 12.1 Å². The molecule has 0 bridgehead atoms. The third-order valence-corrected chi connectivity index (χ3v) is 5.61. The normalized spacial score (nSPS) is 19.5. The lowest BCUT2D eigenvalue weighted by Gasteiger charge is -2.21. The van der Waals surface area contributed by atoms with E-state index < -0.39 is 0 Å². The summed E-state index contributed by atoms with van der Waals surface area (Å²) in [5.41, 5.74) is 5.75. The van der Waals surface area contributed by atoms with Crippen molar-refractivity contribution in [3.63, 3.8) is 0 Å². The molecule has 1 aliphatic rings. The lowest BCUT2D eigenvalue weighted by atomic mass is 10.3. The molecule has 4 nitrogen and oxygen atoms in total. The fourth-order valence-electron chi connectivity index (χ4n) is 1.56. The number of hydrogen-bond acceptors (Lipinski definition) is 5. The van der Waals surface area contributed by atoms with E-state index in [1.807, 2.05) is 23.5 Å². The predicted octanol–water partition coefficient (Wildman–Crippen LogP) is 1.90. The average Bonchev–Trinajstić information content (AvgIpc) is 2.40. The maximum absolute atomic E-state index is 11.9. The molecule has 0 aromatic carbocycles. The third kappa shape index (κ3) is 3.70. The number of hydrogen-bond donors (Lipinski definition) is 2. The van der Waals surface area contributed by atoms with E-state index >= 15 is 0 Å². The Kier molecular flexibility index (Phi) is 5.03. The minimum Gasteiger partial charge on any atom is -0.384 e. The molecule has 1 aliphatic heterocycles. The van der Waals surface area contributed by atoms with Gasteiger partial charge in [0.1, 0.15) is 11.5 Å². The number of nitrogens with two attached hydrogens (primary N) is 1. The maximum Gasteiger partial charge on any atom is 0.271 e. The van der Waals surface area contributed by atoms with Gasteiger partial charge in [-0.3, -0.25) is 4.79 Å². The summed E-state index contributed by atoms with van der Waals surface area (Å²) in [7, 11) is 0. The molecule has 1 atom stereocenters. The molecule has 1 unspecified atom stereocenters. The Morgan fingerprint density at radius 3 is 3.11 bits per heavy atom. The summed E-state index contributed by atoms with van der Waals surface area (Å²) in [6.07, 6.45) is 0. The lowest BCUT2D eigenvalue weighted by Crippen LogP contribution is -2.34. The number of nitrogens with zero attached hydrogens (tertiary/aromatic N) is 1. The molecule has 2 rings (SSSR count). The fraction of sp³-hybridized carbons (Fsp3) is 0.455. The van der Waals surface area contributed by atoms with E-state index in [0.717, 1.165) is 11.5 Å². The van der Waals surface area contributed by atoms with Crippen molar-refractivity contribution in [2.24, 2.45) is 0 Å². The minimum absolute atomic E-state index is 0.199. The molecule has 0 radical (unpaired) electrons. The van der Waals surface area contributed by atoms with Gasteiger partial charge in [-0.15, -0.1) is 0 Å². The Labute approximate surface area is 119 Å². The first-order chi connectivity index (χ1) is 8.66. The Bertz CT molecular complexity index is 438. The van der Waals surface area contributed by atoms with Crippen LogP contribution in [0.3, 0.4) is 0 Å². The minimum atomic E-state index is -0.261. The highest BCUT2D eigenvalue weighted by molar-refractivity contribution is 8.06. The van der Waals surface area contributed by atoms with Crippen LogP contribution >= 0.6 is 35.1 Å². The van der Waals surface area contributed by atoms with Crippen LogP contribution in [0.2, 0.25) is 5.02 Å². The van der Waals surface area contributed by atoms with Crippen LogP contribution in [0, 0.1) is 0 Å². The largest absolute Gasteiger partial charge is 0.384 e. The van der Waals surface area contributed by atoms with Crippen molar-refractivity contribution in [2.75, 3.05) is 29.5 Å². The molecule has 0 spiro atoms. The van der Waals surface area contributed by atoms with Crippen molar-refractivity contribution in [1.29, 1.82) is 0 Å². The number of rotatable bonds is 3. The summed E-state index contributed by atoms with van der Waals surface area (Å²) in [6.45, 7) is 0.642. The van der Waals surface area contributed by atoms with Crippen molar-refractivity contribution in [1.82, 2.24) is 10.3 Å². The zero-order chi connectivity index (χ0) is 13.0. The van der Waals surface area contributed by atoms with Gasteiger partial charge in [-0.2, -0.15) is 23.5 Å². The van der Waals surface area contributed by atoms with E-state index in [9.17, 15) is 4.79 Å². The first kappa shape index (κ1) is 13.8. The van der Waals surface area contributed by atoms with Gasteiger partial charge in [-0.1, -0.05) is 11.6 Å². The van der Waals surface area contributed by atoms with Gasteiger partial charge in [0.25, 0.3) is 5.91 Å². The highest BCUT2D eigenvalue weighted by Gasteiger charge is 2.17. The average molecular weight is 304 g/mol. The van der Waals surface area contributed by atoms with E-state index in [1.54, 1.807) is 12.1 Å². The van der Waals surface area contributed by atoms with Crippen molar-refractivity contribution in [3.05, 3.63) is 22.8 Å². The van der Waals surface area contributed by atoms with Crippen molar-refractivity contribution in [2.45, 2.75) is 5.25 Å². The summed E-state index contributed by atoms with van der Waals surface area (Å²) in [4.78, 5) is 15.9. The molecule has 98 valence electrons. The second-order valence-electron chi connectivity index (χ2n) is 3.84. The number of anilines is 1. The van der Waals surface area contributed by atoms with Crippen LogP contribution < -0.4 is 11.1 Å². The topological polar surface area (TPSA) is 68.0 Å². The highest BCUT2D eigenvalue weighted by Crippen LogP contribution is 2.23. The van der Waals surface area contributed by atoms with Crippen LogP contribution in [0.25, 0.3) is 0 Å². The second kappa shape index (κ2) is 6.54. The number of carbonyl (C=O) groups is 1. The Morgan fingerprint density at radius 2 is 2.39 bits per heavy atom. The molecular formula is C11H14ClN3OS2. The van der Waals surface area contributed by atoms with Crippen molar-refractivity contribution >= 4 is 46.8 Å². The van der Waals surface area contributed by atoms with Gasteiger partial charge in [0, 0.05) is 29.1 Å². The van der Waals surface area contributed by atoms with Gasteiger partial charge in [0.2, 0.25) is 0 Å². The molecule has 0 saturated carbocycles. The summed E-state index contributed by atoms with van der Waals surface area (Å²) < 4.78 is 0. The van der Waals surface area contributed by atoms with Crippen LogP contribution in [-0.4, -0.2) is 39.9 Å². The van der Waals surface area contributed by atoms with Crippen molar-refractivity contribution in [3.8, 4) is 0 Å². The van der Waals surface area contributed by atoms with E-state index in [-0.39, 0.29) is 11.6 Å². The number of thioether (sulfide) groups is 2. The SMILES string of the molecule is Nc1ccc(Cl)c(C(=O)NCC2CSCCS2)n1. The summed E-state index contributed by atoms with van der Waals surface area (Å²) >= 11 is 9.74. The van der Waals surface area contributed by atoms with Crippen molar-refractivity contribution < 1.29 is 4.79 Å². The molecule has 1 fully saturated rings. The Morgan fingerprint density at radius 1 is 1.56 bits per heavy atom. The molecule has 7 heteroatoms. The van der Waals surface area contributed by atoms with Crippen LogP contribution in [0.15, 0.2) is 12.1 Å². The number of nitrogen functional groups attached to an aromatic ring is 1. The first-order valence-electron chi connectivity index (χ1n) is 5.56. The van der Waals surface area contributed by atoms with E-state index in [4.69, 9.17) is 17.3 Å². The van der Waals surface area contributed by atoms with E-state index in [2.05, 4.69) is 10.3 Å². The molecule has 1 amide bonds. The van der Waals surface area contributed by atoms with E-state index in [1.165, 1.54) is 5.75 Å². The zero-order valence-corrected chi connectivity index (χ0v) is 12.1. The van der Waals surface area contributed by atoms with Gasteiger partial charge in [0.15, 0.2) is 0 Å². The third-order valence-electron chi connectivity index (χ3n) is 2.46. The number of amides is 1. The van der Waals surface area contributed by atoms with Gasteiger partial charge in [0.05, 0.1) is 5.02 Å². The number of nitrogens with one attached hydrogen (secondary N) is 1. The molecule has 2 heterocycles. The summed E-state index contributed by atoms with van der Waals surface area (Å²) in [6, 6.07) is 3.16. The van der Waals surface area contributed by atoms with Gasteiger partial charge in [-0.25, -0.2) is 4.98 Å². The van der Waals surface area contributed by atoms with Gasteiger partial charge >= 0.3 is 0 Å². The standard InChI is InChI=1S/C11H14ClN3OS2/c12-8-1-2-9(13)15-10(8)11(16)14-5-7-6-17-3-4-18-7/h1-2,7H,3-6H2,(H2,13,15)(H,14,16). The van der Waals surface area contributed by atoms with Crippen LogP contribution in [0.4, 0.5) is 5.82 Å². The summed E-state index contributed by atoms with van der Waals surface area (Å²) in [5.74, 6) is 3.44. The molecule has 1 aromatic heterocycles. The monoisotopic (exact) mass is 303 g/mol. The van der Waals surface area contributed by atoms with Gasteiger partial charge < -0.3 is 11.1 Å². The maximum atomic E-state index is 11.9. The Hall–Kier alpha value is -0.590. The predicted molar refractivity (Wildman–Crippen MR) is 79.6 cm³/mol. The second-order valence-corrected chi connectivity index (χ2v) is 6.81. The highest BCUT2D eigenvalue weighted by atomic mass is 35.5. The first-order valence-corrected chi connectivity index (χ1v) is 8.14. The fourth-order valence-corrected chi connectivity index (χ4v) is 4.36. The van der Waals surface area contributed by atoms with E-state index in [0.29, 0.717) is 22.6 Å². The number of carbonyl (C=O) groups excluding carboxylic acids is 1. The molecule has 1 saturated heterocycles.